The summed E-state index contributed by atoms with van der Waals surface area (Å²) < 4.78 is 0. The molecule has 0 amide bonds. The summed E-state index contributed by atoms with van der Waals surface area (Å²) in [5, 5.41) is 3.60. The van der Waals surface area contributed by atoms with E-state index in [9.17, 15) is 0 Å². The average Bonchev–Trinajstić information content (AvgIpc) is 2.27. The smallest absolute Gasteiger partial charge is 0.00927 e. The minimum atomic E-state index is 0.738. The van der Waals surface area contributed by atoms with E-state index in [0.717, 1.165) is 30.0 Å². The Labute approximate surface area is 114 Å². The van der Waals surface area contributed by atoms with Crippen LogP contribution in [0.15, 0.2) is 0 Å². The van der Waals surface area contributed by atoms with E-state index >= 15 is 0 Å². The molecule has 0 aromatic carbocycles. The number of hydrogen-bond donors (Lipinski definition) is 1. The molecule has 0 heterocycles. The summed E-state index contributed by atoms with van der Waals surface area (Å²) in [6.07, 6.45) is 8.71. The van der Waals surface area contributed by atoms with Crippen molar-refractivity contribution in [3.8, 4) is 0 Å². The molecule has 0 aliphatic heterocycles. The zero-order valence-electron chi connectivity index (χ0n) is 12.8. The lowest BCUT2D eigenvalue weighted by atomic mass is 9.57. The molecule has 2 aliphatic rings. The highest BCUT2D eigenvalue weighted by atomic mass is 15.1. The second-order valence-corrected chi connectivity index (χ2v) is 7.23. The van der Waals surface area contributed by atoms with E-state index in [2.05, 4.69) is 38.0 Å². The third-order valence-corrected chi connectivity index (χ3v) is 5.14. The Balaban J connectivity index is 1.72. The SMILES string of the molecule is CCNC1CC2(CCC(N(C)CC(C)C)CC2)C1. The van der Waals surface area contributed by atoms with Gasteiger partial charge in [0.25, 0.3) is 0 Å². The highest BCUT2D eigenvalue weighted by Gasteiger charge is 2.45. The summed E-state index contributed by atoms with van der Waals surface area (Å²) in [5.41, 5.74) is 0.738. The van der Waals surface area contributed by atoms with E-state index in [4.69, 9.17) is 0 Å². The Morgan fingerprint density at radius 1 is 1.22 bits per heavy atom. The maximum atomic E-state index is 3.60. The number of rotatable bonds is 5. The van der Waals surface area contributed by atoms with Crippen molar-refractivity contribution in [1.29, 1.82) is 0 Å². The van der Waals surface area contributed by atoms with Crippen molar-refractivity contribution in [1.82, 2.24) is 10.2 Å². The zero-order chi connectivity index (χ0) is 13.2. The molecule has 2 heteroatoms. The molecule has 2 fully saturated rings. The van der Waals surface area contributed by atoms with Gasteiger partial charge in [-0.05, 0) is 63.5 Å². The van der Waals surface area contributed by atoms with Crippen molar-refractivity contribution in [2.45, 2.75) is 71.4 Å². The van der Waals surface area contributed by atoms with Crippen molar-refractivity contribution in [2.75, 3.05) is 20.1 Å². The van der Waals surface area contributed by atoms with Gasteiger partial charge in [0, 0.05) is 18.6 Å². The number of hydrogen-bond acceptors (Lipinski definition) is 2. The first-order chi connectivity index (χ1) is 8.54. The van der Waals surface area contributed by atoms with Crippen LogP contribution in [0.3, 0.4) is 0 Å². The summed E-state index contributed by atoms with van der Waals surface area (Å²) in [4.78, 5) is 2.61. The summed E-state index contributed by atoms with van der Waals surface area (Å²) in [6, 6.07) is 1.69. The first kappa shape index (κ1) is 14.3. The van der Waals surface area contributed by atoms with Crippen LogP contribution in [0.4, 0.5) is 0 Å². The van der Waals surface area contributed by atoms with Crippen LogP contribution >= 0.6 is 0 Å². The van der Waals surface area contributed by atoms with E-state index in [1.165, 1.54) is 45.1 Å². The standard InChI is InChI=1S/C16H32N2/c1-5-17-14-10-16(11-14)8-6-15(7-9-16)18(4)12-13(2)3/h13-15,17H,5-12H2,1-4H3. The lowest BCUT2D eigenvalue weighted by Gasteiger charge is -2.53. The average molecular weight is 252 g/mol. The molecule has 0 bridgehead atoms. The highest BCUT2D eigenvalue weighted by Crippen LogP contribution is 2.52. The lowest BCUT2D eigenvalue weighted by Crippen LogP contribution is -2.52. The van der Waals surface area contributed by atoms with Crippen LogP contribution in [-0.4, -0.2) is 37.1 Å². The Morgan fingerprint density at radius 2 is 1.83 bits per heavy atom. The molecule has 0 saturated heterocycles. The normalized spacial score (nSPS) is 36.3. The van der Waals surface area contributed by atoms with Gasteiger partial charge in [-0.15, -0.1) is 0 Å². The molecule has 1 spiro atoms. The summed E-state index contributed by atoms with van der Waals surface area (Å²) in [7, 11) is 2.32. The van der Waals surface area contributed by atoms with E-state index in [1.54, 1.807) is 0 Å². The molecule has 1 N–H and O–H groups in total. The molecule has 0 radical (unpaired) electrons. The van der Waals surface area contributed by atoms with Crippen LogP contribution < -0.4 is 5.32 Å². The molecule has 0 atom stereocenters. The maximum absolute atomic E-state index is 3.60. The van der Waals surface area contributed by atoms with Crippen LogP contribution in [0.1, 0.15) is 59.3 Å². The van der Waals surface area contributed by atoms with Crippen LogP contribution in [0.5, 0.6) is 0 Å². The predicted octanol–water partition coefficient (Wildman–Crippen LogP) is 3.28. The molecule has 106 valence electrons. The largest absolute Gasteiger partial charge is 0.314 e. The molecule has 18 heavy (non-hydrogen) atoms. The minimum absolute atomic E-state index is 0.738. The van der Waals surface area contributed by atoms with Crippen LogP contribution in [0.25, 0.3) is 0 Å². The Bertz CT molecular complexity index is 246. The van der Waals surface area contributed by atoms with Gasteiger partial charge in [-0.25, -0.2) is 0 Å². The minimum Gasteiger partial charge on any atom is -0.314 e. The van der Waals surface area contributed by atoms with Crippen molar-refractivity contribution in [3.05, 3.63) is 0 Å². The first-order valence-corrected chi connectivity index (χ1v) is 7.98. The number of nitrogens with one attached hydrogen (secondary N) is 1. The molecule has 2 saturated carbocycles. The Morgan fingerprint density at radius 3 is 2.33 bits per heavy atom. The van der Waals surface area contributed by atoms with E-state index in [-0.39, 0.29) is 0 Å². The lowest BCUT2D eigenvalue weighted by molar-refractivity contribution is 0.00944. The molecule has 2 aliphatic carbocycles. The predicted molar refractivity (Wildman–Crippen MR) is 78.9 cm³/mol. The van der Waals surface area contributed by atoms with Crippen LogP contribution in [0, 0.1) is 11.3 Å². The van der Waals surface area contributed by atoms with Crippen molar-refractivity contribution < 1.29 is 0 Å². The van der Waals surface area contributed by atoms with Crippen molar-refractivity contribution in [3.63, 3.8) is 0 Å². The summed E-state index contributed by atoms with van der Waals surface area (Å²) >= 11 is 0. The summed E-state index contributed by atoms with van der Waals surface area (Å²) in [6.45, 7) is 9.28. The topological polar surface area (TPSA) is 15.3 Å². The Kier molecular flexibility index (Phi) is 4.71. The fraction of sp³-hybridized carbons (Fsp3) is 1.00. The summed E-state index contributed by atoms with van der Waals surface area (Å²) in [5.74, 6) is 0.799. The van der Waals surface area contributed by atoms with E-state index in [0.29, 0.717) is 0 Å². The van der Waals surface area contributed by atoms with Gasteiger partial charge in [-0.1, -0.05) is 20.8 Å². The quantitative estimate of drug-likeness (QED) is 0.808. The molecule has 0 aromatic rings. The second kappa shape index (κ2) is 5.92. The van der Waals surface area contributed by atoms with Gasteiger partial charge in [-0.2, -0.15) is 0 Å². The van der Waals surface area contributed by atoms with Gasteiger partial charge in [0.1, 0.15) is 0 Å². The third-order valence-electron chi connectivity index (χ3n) is 5.14. The van der Waals surface area contributed by atoms with Crippen LogP contribution in [-0.2, 0) is 0 Å². The Hall–Kier alpha value is -0.0800. The monoisotopic (exact) mass is 252 g/mol. The molecular weight excluding hydrogens is 220 g/mol. The van der Waals surface area contributed by atoms with Gasteiger partial charge < -0.3 is 10.2 Å². The number of nitrogens with zero attached hydrogens (tertiary/aromatic N) is 1. The molecule has 0 aromatic heterocycles. The molecular formula is C16H32N2. The van der Waals surface area contributed by atoms with Crippen LogP contribution in [0.2, 0.25) is 0 Å². The molecule has 2 nitrogen and oxygen atoms in total. The highest BCUT2D eigenvalue weighted by molar-refractivity contribution is 5.00. The second-order valence-electron chi connectivity index (χ2n) is 7.23. The third kappa shape index (κ3) is 3.27. The van der Waals surface area contributed by atoms with Crippen molar-refractivity contribution >= 4 is 0 Å². The molecule has 2 rings (SSSR count). The fourth-order valence-corrected chi connectivity index (χ4v) is 4.21. The van der Waals surface area contributed by atoms with Gasteiger partial charge in [0.2, 0.25) is 0 Å². The van der Waals surface area contributed by atoms with E-state index < -0.39 is 0 Å². The van der Waals surface area contributed by atoms with E-state index in [1.807, 2.05) is 0 Å². The van der Waals surface area contributed by atoms with Gasteiger partial charge in [0.15, 0.2) is 0 Å². The first-order valence-electron chi connectivity index (χ1n) is 7.98. The van der Waals surface area contributed by atoms with Crippen molar-refractivity contribution in [2.24, 2.45) is 11.3 Å². The van der Waals surface area contributed by atoms with Gasteiger partial charge >= 0.3 is 0 Å². The zero-order valence-corrected chi connectivity index (χ0v) is 12.8. The van der Waals surface area contributed by atoms with Gasteiger partial charge in [-0.3, -0.25) is 0 Å². The van der Waals surface area contributed by atoms with Gasteiger partial charge in [0.05, 0.1) is 0 Å². The molecule has 0 unspecified atom stereocenters. The fourth-order valence-electron chi connectivity index (χ4n) is 4.21. The maximum Gasteiger partial charge on any atom is 0.00927 e.